The van der Waals surface area contributed by atoms with E-state index < -0.39 is 37.5 Å². The molecule has 0 radical (unpaired) electrons. The van der Waals surface area contributed by atoms with E-state index in [1.54, 1.807) is 13.8 Å². The summed E-state index contributed by atoms with van der Waals surface area (Å²) >= 11 is 6.55. The monoisotopic (exact) mass is 658 g/mol. The van der Waals surface area contributed by atoms with Crippen molar-refractivity contribution in [3.8, 4) is 28.7 Å². The van der Waals surface area contributed by atoms with Crippen molar-refractivity contribution in [3.63, 3.8) is 0 Å². The lowest BCUT2D eigenvalue weighted by Crippen LogP contribution is -2.45. The van der Waals surface area contributed by atoms with Gasteiger partial charge in [-0.3, -0.25) is 19.2 Å². The Hall–Kier alpha value is -4.97. The van der Waals surface area contributed by atoms with Gasteiger partial charge in [-0.1, -0.05) is 17.7 Å². The van der Waals surface area contributed by atoms with Crippen LogP contribution in [0.2, 0.25) is 5.02 Å². The summed E-state index contributed by atoms with van der Waals surface area (Å²) in [6, 6.07) is 5.64. The maximum absolute atomic E-state index is 13.8. The second-order valence-corrected chi connectivity index (χ2v) is 10.4. The minimum Gasteiger partial charge on any atom is -0.493 e. The summed E-state index contributed by atoms with van der Waals surface area (Å²) in [5, 5.41) is 7.64. The van der Waals surface area contributed by atoms with E-state index in [0.717, 1.165) is 18.2 Å². The number of anilines is 2. The predicted molar refractivity (Wildman–Crippen MR) is 174 cm³/mol. The number of ether oxygens (including phenoxy) is 4. The van der Waals surface area contributed by atoms with Gasteiger partial charge in [-0.15, -0.1) is 0 Å². The molecule has 0 spiro atoms. The van der Waals surface area contributed by atoms with Crippen molar-refractivity contribution in [1.29, 1.82) is 0 Å². The number of fused-ring (bicyclic) bond motifs is 1. The topological polar surface area (TPSA) is 145 Å². The second kappa shape index (κ2) is 14.4. The maximum Gasteiger partial charge on any atom is 0.257 e. The summed E-state index contributed by atoms with van der Waals surface area (Å²) in [6.45, 7) is -1.11. The molecule has 244 valence electrons. The number of methoxy groups -OCH3 is 3. The number of carbonyl (C=O) groups excluding carboxylic acids is 4. The summed E-state index contributed by atoms with van der Waals surface area (Å²) < 4.78 is 69.4. The Morgan fingerprint density at radius 1 is 0.935 bits per heavy atom. The number of nitrogens with one attached hydrogen (secondary N) is 3. The van der Waals surface area contributed by atoms with Crippen molar-refractivity contribution in [3.05, 3.63) is 63.7 Å². The largest absolute Gasteiger partial charge is 0.493 e. The van der Waals surface area contributed by atoms with Gasteiger partial charge in [0.25, 0.3) is 11.8 Å². The fourth-order valence-corrected chi connectivity index (χ4v) is 5.16. The normalized spacial score (nSPS) is 16.3. The molecule has 0 saturated carbocycles. The number of nitrogens with zero attached hydrogens (tertiary/aromatic N) is 1. The molecular weight excluding hydrogens is 616 g/mol. The number of benzene rings is 3. The number of halogens is 1. The van der Waals surface area contributed by atoms with Crippen molar-refractivity contribution in [2.24, 2.45) is 0 Å². The lowest BCUT2D eigenvalue weighted by Gasteiger charge is -2.21. The molecule has 1 heterocycles. The fourth-order valence-electron chi connectivity index (χ4n) is 4.86. The van der Waals surface area contributed by atoms with Gasteiger partial charge in [0.1, 0.15) is 11.8 Å². The summed E-state index contributed by atoms with van der Waals surface area (Å²) in [7, 11) is 3.99. The quantitative estimate of drug-likeness (QED) is 0.251. The Morgan fingerprint density at radius 2 is 1.61 bits per heavy atom. The molecule has 3 aromatic carbocycles. The second-order valence-electron chi connectivity index (χ2n) is 9.99. The molecule has 1 aliphatic rings. The summed E-state index contributed by atoms with van der Waals surface area (Å²) in [5.74, 6) is -3.00. The zero-order valence-electron chi connectivity index (χ0n) is 31.8. The van der Waals surface area contributed by atoms with E-state index in [1.165, 1.54) is 44.4 Å². The van der Waals surface area contributed by atoms with Gasteiger partial charge in [-0.2, -0.15) is 0 Å². The Balaban J connectivity index is 1.86. The highest BCUT2D eigenvalue weighted by atomic mass is 35.5. The lowest BCUT2D eigenvalue weighted by molar-refractivity contribution is -0.133. The highest BCUT2D eigenvalue weighted by Crippen LogP contribution is 2.45. The highest BCUT2D eigenvalue weighted by molar-refractivity contribution is 6.36. The van der Waals surface area contributed by atoms with E-state index in [4.69, 9.17) is 38.8 Å². The molecule has 1 aliphatic heterocycles. The average molecular weight is 659 g/mol. The number of hydrogen-bond donors (Lipinski definition) is 3. The molecule has 0 unspecified atom stereocenters. The molecule has 46 heavy (non-hydrogen) atoms. The first-order chi connectivity index (χ1) is 24.4. The highest BCUT2D eigenvalue weighted by Gasteiger charge is 2.32. The minimum absolute atomic E-state index is 0.0139. The van der Waals surface area contributed by atoms with Crippen LogP contribution in [-0.4, -0.2) is 69.0 Å². The van der Waals surface area contributed by atoms with Gasteiger partial charge in [0.2, 0.25) is 17.6 Å². The number of hydrogen-bond acceptors (Lipinski definition) is 8. The first-order valence-electron chi connectivity index (χ1n) is 17.1. The molecule has 13 heteroatoms. The number of rotatable bonds is 11. The van der Waals surface area contributed by atoms with E-state index in [9.17, 15) is 19.2 Å². The SMILES string of the molecule is [2H]C([2H])([2H])c1cc(Oc2cc3c(cc2NC(=O)c2cc(OC)c(OC)c(OC)c2Cl)NC(=O)[C@H](CC(=O)N(CC)CC)NC3=O)cc(C([2H])([2H])[2H])c1. The Kier molecular flexibility index (Phi) is 8.23. The first kappa shape index (κ1) is 26.3. The van der Waals surface area contributed by atoms with Crippen molar-refractivity contribution >= 4 is 46.6 Å². The maximum atomic E-state index is 13.8. The van der Waals surface area contributed by atoms with Crippen LogP contribution in [0.25, 0.3) is 0 Å². The van der Waals surface area contributed by atoms with Gasteiger partial charge in [0, 0.05) is 21.3 Å². The lowest BCUT2D eigenvalue weighted by atomic mass is 10.1. The molecule has 12 nitrogen and oxygen atoms in total. The average Bonchev–Trinajstić information content (AvgIpc) is 3.18. The Morgan fingerprint density at radius 3 is 2.20 bits per heavy atom. The zero-order valence-corrected chi connectivity index (χ0v) is 26.5. The third-order valence-electron chi connectivity index (χ3n) is 7.14. The number of aryl methyl sites for hydroxylation is 2. The van der Waals surface area contributed by atoms with Crippen molar-refractivity contribution in [2.45, 2.75) is 40.0 Å². The van der Waals surface area contributed by atoms with Crippen LogP contribution < -0.4 is 34.9 Å². The molecule has 0 aliphatic carbocycles. The minimum atomic E-state index is -2.73. The van der Waals surface area contributed by atoms with Crippen molar-refractivity contribution < 1.29 is 46.4 Å². The fraction of sp³-hybridized carbons (Fsp3) is 0.333. The van der Waals surface area contributed by atoms with Crippen LogP contribution in [0.3, 0.4) is 0 Å². The van der Waals surface area contributed by atoms with Gasteiger partial charge >= 0.3 is 0 Å². The molecule has 0 aromatic heterocycles. The number of carbonyl (C=O) groups is 4. The summed E-state index contributed by atoms with van der Waals surface area (Å²) in [6.07, 6.45) is -0.334. The van der Waals surface area contributed by atoms with Crippen LogP contribution in [-0.2, 0) is 9.59 Å². The summed E-state index contributed by atoms with van der Waals surface area (Å²) in [5.41, 5.74) is -1.21. The van der Waals surface area contributed by atoms with Gasteiger partial charge in [0.05, 0.1) is 55.3 Å². The third kappa shape index (κ3) is 7.12. The standard InChI is InChI=1S/C33H37ClN4O8/c1-8-38(9-2)27(39)16-24-33(42)35-22-15-23(36-32(41)21-14-26(43-5)29(44-6)30(45-7)28(21)34)25(13-20(22)31(40)37-24)46-19-11-17(3)10-18(4)12-19/h10-15,24H,8-9,16H2,1-7H3,(H,35,42)(H,36,41)(H,37,40)/t24-/m0/s1/i3D3,4D3. The van der Waals surface area contributed by atoms with Crippen LogP contribution in [0.4, 0.5) is 11.4 Å². The van der Waals surface area contributed by atoms with Gasteiger partial charge in [-0.25, -0.2) is 0 Å². The molecule has 0 bridgehead atoms. The molecule has 3 aromatic rings. The van der Waals surface area contributed by atoms with E-state index in [-0.39, 0.29) is 79.7 Å². The molecular formula is C33H37ClN4O8. The predicted octanol–water partition coefficient (Wildman–Crippen LogP) is 5.34. The Bertz CT molecular complexity index is 1870. The van der Waals surface area contributed by atoms with Crippen LogP contribution in [0.1, 0.15) is 60.3 Å². The van der Waals surface area contributed by atoms with Gasteiger partial charge < -0.3 is 39.8 Å². The van der Waals surface area contributed by atoms with Crippen LogP contribution in [0, 0.1) is 13.7 Å². The molecule has 4 amide bonds. The van der Waals surface area contributed by atoms with Crippen molar-refractivity contribution in [2.75, 3.05) is 45.1 Å². The van der Waals surface area contributed by atoms with Crippen LogP contribution in [0.5, 0.6) is 28.7 Å². The van der Waals surface area contributed by atoms with Gasteiger partial charge in [0.15, 0.2) is 17.2 Å². The molecule has 4 rings (SSSR count). The molecule has 0 saturated heterocycles. The van der Waals surface area contributed by atoms with E-state index in [1.807, 2.05) is 0 Å². The molecule has 3 N–H and O–H groups in total. The number of amides is 4. The van der Waals surface area contributed by atoms with E-state index in [0.29, 0.717) is 13.1 Å². The summed E-state index contributed by atoms with van der Waals surface area (Å²) in [4.78, 5) is 55.1. The van der Waals surface area contributed by atoms with E-state index in [2.05, 4.69) is 16.0 Å². The zero-order chi connectivity index (χ0) is 38.7. The third-order valence-corrected chi connectivity index (χ3v) is 7.51. The van der Waals surface area contributed by atoms with E-state index >= 15 is 0 Å². The van der Waals surface area contributed by atoms with Crippen molar-refractivity contribution in [1.82, 2.24) is 10.2 Å². The van der Waals surface area contributed by atoms with Crippen LogP contribution in [0.15, 0.2) is 36.4 Å². The van der Waals surface area contributed by atoms with Gasteiger partial charge in [-0.05, 0) is 69.0 Å². The smallest absolute Gasteiger partial charge is 0.257 e. The Labute approximate surface area is 280 Å². The first-order valence-corrected chi connectivity index (χ1v) is 14.5. The molecule has 0 fully saturated rings. The molecule has 1 atom stereocenters. The van der Waals surface area contributed by atoms with Crippen LogP contribution >= 0.6 is 11.6 Å².